The molecule has 0 nitrogen and oxygen atoms in total. The van der Waals surface area contributed by atoms with Gasteiger partial charge in [-0.05, 0) is 25.2 Å². The summed E-state index contributed by atoms with van der Waals surface area (Å²) in [5.41, 5.74) is 0. The Balaban J connectivity index is 3.24. The van der Waals surface area contributed by atoms with Crippen LogP contribution in [-0.4, -0.2) is 0 Å². The van der Waals surface area contributed by atoms with Gasteiger partial charge in [0.25, 0.3) is 0 Å². The summed E-state index contributed by atoms with van der Waals surface area (Å²) in [4.78, 5) is 0. The second-order valence-corrected chi connectivity index (χ2v) is 6.49. The molecule has 0 rings (SSSR count). The molecule has 0 aliphatic heterocycles. The van der Waals surface area contributed by atoms with Gasteiger partial charge in [-0.1, -0.05) is 104 Å². The quantitative estimate of drug-likeness (QED) is 0.252. The topological polar surface area (TPSA) is 0 Å². The maximum Gasteiger partial charge on any atom is -0.0244 e. The fourth-order valence-corrected chi connectivity index (χ4v) is 2.97. The van der Waals surface area contributed by atoms with Crippen molar-refractivity contribution in [2.75, 3.05) is 0 Å². The van der Waals surface area contributed by atoms with Crippen LogP contribution in [0.3, 0.4) is 0 Å². The number of hydrogen-bond acceptors (Lipinski definition) is 0. The van der Waals surface area contributed by atoms with E-state index < -0.39 is 0 Å². The Morgan fingerprint density at radius 2 is 0.800 bits per heavy atom. The molecular weight excluding hydrogens is 240 g/mol. The molecule has 1 radical (unpaired) electrons. The predicted octanol–water partition coefficient (Wildman–Crippen LogP) is 7.86. The van der Waals surface area contributed by atoms with E-state index in [2.05, 4.69) is 20.8 Å². The van der Waals surface area contributed by atoms with Gasteiger partial charge in [0.1, 0.15) is 0 Å². The molecule has 0 spiro atoms. The van der Waals surface area contributed by atoms with E-state index in [0.29, 0.717) is 0 Å². The van der Waals surface area contributed by atoms with Crippen molar-refractivity contribution in [1.82, 2.24) is 0 Å². The van der Waals surface area contributed by atoms with Crippen molar-refractivity contribution >= 4 is 0 Å². The minimum atomic E-state index is 1.32. The van der Waals surface area contributed by atoms with Crippen molar-refractivity contribution in [1.29, 1.82) is 0 Å². The van der Waals surface area contributed by atoms with Crippen LogP contribution in [-0.2, 0) is 0 Å². The second-order valence-electron chi connectivity index (χ2n) is 6.49. The molecule has 0 aliphatic carbocycles. The average Bonchev–Trinajstić information content (AvgIpc) is 2.47. The third-order valence-corrected chi connectivity index (χ3v) is 4.52. The summed E-state index contributed by atoms with van der Waals surface area (Å²) in [6.45, 7) is 6.94. The highest BCUT2D eigenvalue weighted by molar-refractivity contribution is 4.87. The maximum absolute atomic E-state index is 2.35. The van der Waals surface area contributed by atoms with Crippen LogP contribution in [0.2, 0.25) is 0 Å². The van der Waals surface area contributed by atoms with Crippen LogP contribution < -0.4 is 0 Å². The molecule has 0 heterocycles. The van der Waals surface area contributed by atoms with Gasteiger partial charge in [0.2, 0.25) is 0 Å². The van der Waals surface area contributed by atoms with Crippen molar-refractivity contribution in [3.8, 4) is 0 Å². The first kappa shape index (κ1) is 20.0. The summed E-state index contributed by atoms with van der Waals surface area (Å²) in [6.07, 6.45) is 22.9. The van der Waals surface area contributed by atoms with Gasteiger partial charge < -0.3 is 0 Å². The van der Waals surface area contributed by atoms with Crippen molar-refractivity contribution in [2.45, 2.75) is 124 Å². The summed E-state index contributed by atoms with van der Waals surface area (Å²) in [5.74, 6) is 1.84. The van der Waals surface area contributed by atoms with E-state index in [9.17, 15) is 0 Å². The summed E-state index contributed by atoms with van der Waals surface area (Å²) in [6, 6.07) is 0. The lowest BCUT2D eigenvalue weighted by Gasteiger charge is -2.13. The van der Waals surface area contributed by atoms with Gasteiger partial charge in [-0.3, -0.25) is 0 Å². The van der Waals surface area contributed by atoms with Gasteiger partial charge in [0.05, 0.1) is 0 Å². The Bertz CT molecular complexity index is 161. The van der Waals surface area contributed by atoms with Gasteiger partial charge in [0.15, 0.2) is 0 Å². The molecule has 0 aromatic heterocycles. The number of rotatable bonds is 16. The molecule has 121 valence electrons. The van der Waals surface area contributed by atoms with Crippen molar-refractivity contribution < 1.29 is 0 Å². The van der Waals surface area contributed by atoms with Crippen molar-refractivity contribution in [3.63, 3.8) is 0 Å². The molecule has 0 aliphatic rings. The molecule has 20 heavy (non-hydrogen) atoms. The Morgan fingerprint density at radius 3 is 1.20 bits per heavy atom. The molecular formula is C20H41. The fraction of sp³-hybridized carbons (Fsp3) is 0.950. The van der Waals surface area contributed by atoms with Gasteiger partial charge >= 0.3 is 0 Å². The molecule has 0 fully saturated rings. The Labute approximate surface area is 130 Å². The monoisotopic (exact) mass is 281 g/mol. The van der Waals surface area contributed by atoms with Crippen LogP contribution in [0.25, 0.3) is 0 Å². The Kier molecular flexibility index (Phi) is 17.1. The zero-order chi connectivity index (χ0) is 14.9. The van der Waals surface area contributed by atoms with Crippen LogP contribution in [0.1, 0.15) is 124 Å². The van der Waals surface area contributed by atoms with E-state index in [-0.39, 0.29) is 0 Å². The maximum atomic E-state index is 2.35. The lowest BCUT2D eigenvalue weighted by atomic mass is 9.92. The van der Waals surface area contributed by atoms with E-state index in [1.165, 1.54) is 103 Å². The van der Waals surface area contributed by atoms with Crippen LogP contribution in [0, 0.1) is 5.92 Å². The Morgan fingerprint density at radius 1 is 0.450 bits per heavy atom. The smallest absolute Gasteiger partial charge is 0.0244 e. The minimum absolute atomic E-state index is 1.32. The summed E-state index contributed by atoms with van der Waals surface area (Å²) in [7, 11) is 0. The number of unbranched alkanes of at least 4 members (excludes halogenated alkanes) is 11. The van der Waals surface area contributed by atoms with Crippen molar-refractivity contribution in [3.05, 3.63) is 5.92 Å². The molecule has 0 N–H and O–H groups in total. The summed E-state index contributed by atoms with van der Waals surface area (Å²) in [5, 5.41) is 0. The first-order valence-corrected chi connectivity index (χ1v) is 9.68. The molecule has 0 amide bonds. The van der Waals surface area contributed by atoms with Crippen LogP contribution >= 0.6 is 0 Å². The highest BCUT2D eigenvalue weighted by Crippen LogP contribution is 2.23. The molecule has 0 aromatic carbocycles. The lowest BCUT2D eigenvalue weighted by molar-refractivity contribution is 0.536. The lowest BCUT2D eigenvalue weighted by Crippen LogP contribution is -1.96. The minimum Gasteiger partial charge on any atom is -0.0654 e. The van der Waals surface area contributed by atoms with Gasteiger partial charge in [-0.15, -0.1) is 0 Å². The first-order chi connectivity index (χ1) is 9.85. The van der Waals surface area contributed by atoms with E-state index in [1.54, 1.807) is 0 Å². The van der Waals surface area contributed by atoms with Gasteiger partial charge in [0, 0.05) is 0 Å². The summed E-state index contributed by atoms with van der Waals surface area (Å²) >= 11 is 0. The molecule has 0 heteroatoms. The third kappa shape index (κ3) is 14.4. The highest BCUT2D eigenvalue weighted by atomic mass is 14.1. The molecule has 0 aromatic rings. The summed E-state index contributed by atoms with van der Waals surface area (Å²) < 4.78 is 0. The number of hydrogen-bond donors (Lipinski definition) is 0. The third-order valence-electron chi connectivity index (χ3n) is 4.52. The standard InChI is InChI=1S/C20H41/c1-4-7-9-11-12-13-14-15-17-19-20(6-3)18-16-10-8-5-2/h4-19H2,1-3H3. The van der Waals surface area contributed by atoms with E-state index in [0.717, 1.165) is 0 Å². The highest BCUT2D eigenvalue weighted by Gasteiger charge is 2.06. The predicted molar refractivity (Wildman–Crippen MR) is 94.1 cm³/mol. The molecule has 0 unspecified atom stereocenters. The Hall–Kier alpha value is 0. The van der Waals surface area contributed by atoms with Gasteiger partial charge in [-0.2, -0.15) is 0 Å². The zero-order valence-electron chi connectivity index (χ0n) is 14.8. The molecule has 0 bridgehead atoms. The normalized spacial score (nSPS) is 11.4. The van der Waals surface area contributed by atoms with Crippen LogP contribution in [0.4, 0.5) is 0 Å². The van der Waals surface area contributed by atoms with E-state index in [1.807, 2.05) is 5.92 Å². The zero-order valence-corrected chi connectivity index (χ0v) is 14.8. The molecule has 0 saturated heterocycles. The van der Waals surface area contributed by atoms with E-state index in [4.69, 9.17) is 0 Å². The molecule has 0 saturated carbocycles. The SMILES string of the molecule is CCCCCCCCCCC[C](CC)CCCCCC. The van der Waals surface area contributed by atoms with E-state index >= 15 is 0 Å². The second kappa shape index (κ2) is 17.1. The van der Waals surface area contributed by atoms with Crippen LogP contribution in [0.5, 0.6) is 0 Å². The average molecular weight is 282 g/mol. The molecule has 0 atom stereocenters. The van der Waals surface area contributed by atoms with Crippen molar-refractivity contribution in [2.24, 2.45) is 0 Å². The van der Waals surface area contributed by atoms with Gasteiger partial charge in [-0.25, -0.2) is 0 Å². The first-order valence-electron chi connectivity index (χ1n) is 9.68. The largest absolute Gasteiger partial charge is 0.0654 e. The van der Waals surface area contributed by atoms with Crippen LogP contribution in [0.15, 0.2) is 0 Å². The fourth-order valence-electron chi connectivity index (χ4n) is 2.97.